The third kappa shape index (κ3) is 6.22. The van der Waals surface area contributed by atoms with E-state index in [1.165, 1.54) is 32.1 Å². The highest BCUT2D eigenvalue weighted by atomic mass is 127. The van der Waals surface area contributed by atoms with E-state index in [9.17, 15) is 0 Å². The molecule has 0 bridgehead atoms. The van der Waals surface area contributed by atoms with Crippen LogP contribution in [0, 0.1) is 11.8 Å². The third-order valence-corrected chi connectivity index (χ3v) is 5.70. The lowest BCUT2D eigenvalue weighted by Crippen LogP contribution is -2.46. The summed E-state index contributed by atoms with van der Waals surface area (Å²) in [5.41, 5.74) is 0. The number of guanidine groups is 1. The van der Waals surface area contributed by atoms with E-state index in [0.717, 1.165) is 30.7 Å². The van der Waals surface area contributed by atoms with Gasteiger partial charge in [0.25, 0.3) is 0 Å². The summed E-state index contributed by atoms with van der Waals surface area (Å²) in [6.45, 7) is 5.36. The highest BCUT2D eigenvalue weighted by molar-refractivity contribution is 14.0. The van der Waals surface area contributed by atoms with Gasteiger partial charge in [-0.3, -0.25) is 10.1 Å². The molecule has 156 valence electrons. The Hall–Kier alpha value is -1.58. The standard InChI is InChI=1S/C20H32N6O.HI/c1-14(16-8-5-4-6-9-16)15(2)23-20(21-3)22-12-11-18-24-19(26-25-18)17-10-7-13-27-17;/h7,10,13-16H,4-6,8-9,11-12H2,1-3H3,(H2,21,22,23)(H,24,25,26);1H. The first kappa shape index (κ1) is 22.7. The van der Waals surface area contributed by atoms with Gasteiger partial charge in [-0.1, -0.05) is 39.0 Å². The number of aliphatic imine (C=N–C) groups is 1. The maximum Gasteiger partial charge on any atom is 0.216 e. The number of hydrogen-bond donors (Lipinski definition) is 3. The van der Waals surface area contributed by atoms with Crippen LogP contribution in [0.5, 0.6) is 0 Å². The van der Waals surface area contributed by atoms with Crippen molar-refractivity contribution in [1.82, 2.24) is 25.8 Å². The van der Waals surface area contributed by atoms with Gasteiger partial charge >= 0.3 is 0 Å². The Morgan fingerprint density at radius 2 is 2.11 bits per heavy atom. The quantitative estimate of drug-likeness (QED) is 0.304. The topological polar surface area (TPSA) is 91.1 Å². The third-order valence-electron chi connectivity index (χ3n) is 5.70. The maximum absolute atomic E-state index is 5.32. The van der Waals surface area contributed by atoms with Gasteiger partial charge in [-0.25, -0.2) is 4.98 Å². The molecular formula is C20H33IN6O. The van der Waals surface area contributed by atoms with Gasteiger partial charge in [0.15, 0.2) is 11.7 Å². The van der Waals surface area contributed by atoms with Crippen LogP contribution >= 0.6 is 24.0 Å². The fourth-order valence-electron chi connectivity index (χ4n) is 3.83. The van der Waals surface area contributed by atoms with Crippen LogP contribution < -0.4 is 10.6 Å². The molecule has 2 unspecified atom stereocenters. The van der Waals surface area contributed by atoms with Crippen LogP contribution in [-0.4, -0.2) is 40.8 Å². The Balaban J connectivity index is 0.00000280. The molecule has 0 spiro atoms. The first-order valence-electron chi connectivity index (χ1n) is 10.1. The van der Waals surface area contributed by atoms with E-state index < -0.39 is 0 Å². The second-order valence-corrected chi connectivity index (χ2v) is 7.52. The number of aromatic amines is 1. The van der Waals surface area contributed by atoms with E-state index in [2.05, 4.69) is 44.7 Å². The molecule has 0 radical (unpaired) electrons. The second-order valence-electron chi connectivity index (χ2n) is 7.52. The molecule has 2 atom stereocenters. The number of nitrogens with one attached hydrogen (secondary N) is 3. The number of aromatic nitrogens is 3. The summed E-state index contributed by atoms with van der Waals surface area (Å²) in [6, 6.07) is 4.08. The monoisotopic (exact) mass is 500 g/mol. The van der Waals surface area contributed by atoms with Crippen molar-refractivity contribution in [3.8, 4) is 11.6 Å². The average molecular weight is 500 g/mol. The lowest BCUT2D eigenvalue weighted by Gasteiger charge is -2.32. The van der Waals surface area contributed by atoms with Crippen LogP contribution in [0.4, 0.5) is 0 Å². The predicted octanol–water partition coefficient (Wildman–Crippen LogP) is 4.00. The highest BCUT2D eigenvalue weighted by Gasteiger charge is 2.24. The van der Waals surface area contributed by atoms with E-state index in [4.69, 9.17) is 4.42 Å². The summed E-state index contributed by atoms with van der Waals surface area (Å²) in [6.07, 6.45) is 9.25. The zero-order valence-electron chi connectivity index (χ0n) is 17.1. The SMILES string of the molecule is CN=C(NCCc1nc(-c2ccco2)n[nH]1)NC(C)C(C)C1CCCCC1.I. The molecule has 0 amide bonds. The maximum atomic E-state index is 5.32. The van der Waals surface area contributed by atoms with Crippen molar-refractivity contribution in [1.29, 1.82) is 0 Å². The fraction of sp³-hybridized carbons (Fsp3) is 0.650. The Morgan fingerprint density at radius 3 is 2.79 bits per heavy atom. The van der Waals surface area contributed by atoms with Gasteiger partial charge in [0, 0.05) is 26.1 Å². The number of hydrogen-bond acceptors (Lipinski definition) is 4. The zero-order chi connectivity index (χ0) is 19.1. The molecule has 0 aromatic carbocycles. The van der Waals surface area contributed by atoms with Gasteiger partial charge in [0.05, 0.1) is 6.26 Å². The highest BCUT2D eigenvalue weighted by Crippen LogP contribution is 2.31. The summed E-state index contributed by atoms with van der Waals surface area (Å²) in [4.78, 5) is 8.83. The van der Waals surface area contributed by atoms with E-state index in [-0.39, 0.29) is 24.0 Å². The predicted molar refractivity (Wildman–Crippen MR) is 123 cm³/mol. The average Bonchev–Trinajstić information content (AvgIpc) is 3.39. The van der Waals surface area contributed by atoms with E-state index in [1.807, 2.05) is 19.2 Å². The minimum absolute atomic E-state index is 0. The summed E-state index contributed by atoms with van der Waals surface area (Å²) in [5.74, 6) is 4.41. The number of furan rings is 1. The van der Waals surface area contributed by atoms with E-state index >= 15 is 0 Å². The number of H-pyrrole nitrogens is 1. The number of halogens is 1. The van der Waals surface area contributed by atoms with Crippen molar-refractivity contribution in [3.63, 3.8) is 0 Å². The number of nitrogens with zero attached hydrogens (tertiary/aromatic N) is 3. The largest absolute Gasteiger partial charge is 0.461 e. The van der Waals surface area contributed by atoms with Crippen molar-refractivity contribution >= 4 is 29.9 Å². The fourth-order valence-corrected chi connectivity index (χ4v) is 3.83. The molecule has 7 nitrogen and oxygen atoms in total. The zero-order valence-corrected chi connectivity index (χ0v) is 19.4. The molecule has 0 saturated heterocycles. The summed E-state index contributed by atoms with van der Waals surface area (Å²) in [7, 11) is 1.82. The molecule has 8 heteroatoms. The van der Waals surface area contributed by atoms with Gasteiger partial charge in [-0.15, -0.1) is 24.0 Å². The molecule has 1 fully saturated rings. The first-order chi connectivity index (χ1) is 13.2. The minimum atomic E-state index is 0. The minimum Gasteiger partial charge on any atom is -0.461 e. The molecule has 2 aromatic rings. The molecule has 3 rings (SSSR count). The van der Waals surface area contributed by atoms with Crippen LogP contribution in [0.3, 0.4) is 0 Å². The molecule has 1 saturated carbocycles. The van der Waals surface area contributed by atoms with Gasteiger partial charge in [-0.2, -0.15) is 5.10 Å². The smallest absolute Gasteiger partial charge is 0.216 e. The lowest BCUT2D eigenvalue weighted by molar-refractivity contribution is 0.229. The molecule has 1 aliphatic rings. The Bertz CT molecular complexity index is 708. The molecule has 2 aromatic heterocycles. The van der Waals surface area contributed by atoms with Crippen LogP contribution in [0.1, 0.15) is 51.8 Å². The normalized spacial score (nSPS) is 17.6. The van der Waals surface area contributed by atoms with Crippen LogP contribution in [-0.2, 0) is 6.42 Å². The number of rotatable bonds is 7. The Labute approximate surface area is 184 Å². The summed E-state index contributed by atoms with van der Waals surface area (Å²) < 4.78 is 5.32. The molecule has 1 aliphatic carbocycles. The van der Waals surface area contributed by atoms with Gasteiger partial charge < -0.3 is 15.1 Å². The summed E-state index contributed by atoms with van der Waals surface area (Å²) >= 11 is 0. The van der Waals surface area contributed by atoms with E-state index in [0.29, 0.717) is 23.5 Å². The lowest BCUT2D eigenvalue weighted by atomic mass is 9.78. The van der Waals surface area contributed by atoms with Crippen LogP contribution in [0.2, 0.25) is 0 Å². The molecular weight excluding hydrogens is 467 g/mol. The molecule has 0 aliphatic heterocycles. The van der Waals surface area contributed by atoms with Crippen molar-refractivity contribution < 1.29 is 4.42 Å². The molecule has 3 N–H and O–H groups in total. The van der Waals surface area contributed by atoms with Crippen LogP contribution in [0.15, 0.2) is 27.8 Å². The molecule has 2 heterocycles. The van der Waals surface area contributed by atoms with Crippen molar-refractivity contribution in [3.05, 3.63) is 24.2 Å². The Morgan fingerprint density at radius 1 is 1.32 bits per heavy atom. The summed E-state index contributed by atoms with van der Waals surface area (Å²) in [5, 5.41) is 14.1. The van der Waals surface area contributed by atoms with Gasteiger partial charge in [-0.05, 0) is 30.9 Å². The molecule has 28 heavy (non-hydrogen) atoms. The first-order valence-corrected chi connectivity index (χ1v) is 10.1. The van der Waals surface area contributed by atoms with Crippen molar-refractivity contribution in [2.24, 2.45) is 16.8 Å². The van der Waals surface area contributed by atoms with Crippen LogP contribution in [0.25, 0.3) is 11.6 Å². The van der Waals surface area contributed by atoms with Gasteiger partial charge in [0.1, 0.15) is 5.82 Å². The van der Waals surface area contributed by atoms with Crippen molar-refractivity contribution in [2.45, 2.75) is 58.4 Å². The second kappa shape index (κ2) is 11.4. The van der Waals surface area contributed by atoms with Crippen molar-refractivity contribution in [2.75, 3.05) is 13.6 Å². The Kier molecular flexibility index (Phi) is 9.27. The van der Waals surface area contributed by atoms with Gasteiger partial charge in [0.2, 0.25) is 5.82 Å². The van der Waals surface area contributed by atoms with E-state index in [1.54, 1.807) is 6.26 Å².